The number of carbonyl (C=O) groups excluding carboxylic acids is 1. The van der Waals surface area contributed by atoms with Gasteiger partial charge in [0.1, 0.15) is 17.9 Å². The highest BCUT2D eigenvalue weighted by molar-refractivity contribution is 6.33. The molecule has 0 aliphatic heterocycles. The first-order chi connectivity index (χ1) is 12.3. The molecule has 1 heterocycles. The predicted molar refractivity (Wildman–Crippen MR) is 89.4 cm³/mol. The van der Waals surface area contributed by atoms with Gasteiger partial charge in [-0.05, 0) is 31.2 Å². The van der Waals surface area contributed by atoms with E-state index in [1.807, 2.05) is 0 Å². The van der Waals surface area contributed by atoms with Gasteiger partial charge in [-0.3, -0.25) is 0 Å². The molecule has 0 radical (unpaired) electrons. The fourth-order valence-corrected chi connectivity index (χ4v) is 2.66. The molecule has 2 aromatic carbocycles. The molecule has 0 saturated heterocycles. The average molecular weight is 381 g/mol. The van der Waals surface area contributed by atoms with Gasteiger partial charge in [0.05, 0.1) is 10.6 Å². The van der Waals surface area contributed by atoms with Crippen LogP contribution in [-0.4, -0.2) is 11.1 Å². The van der Waals surface area contributed by atoms with Crippen LogP contribution in [-0.2, 0) is 11.3 Å². The van der Waals surface area contributed by atoms with Crippen LogP contribution in [0.1, 0.15) is 21.5 Å². The zero-order chi connectivity index (χ0) is 19.0. The van der Waals surface area contributed by atoms with Gasteiger partial charge in [0.15, 0.2) is 11.6 Å². The Morgan fingerprint density at radius 1 is 1.23 bits per heavy atom. The van der Waals surface area contributed by atoms with Gasteiger partial charge in [-0.15, -0.1) is 0 Å². The number of halogens is 3. The lowest BCUT2D eigenvalue weighted by Gasteiger charge is -2.10. The number of carbonyl (C=O) groups is 1. The van der Waals surface area contributed by atoms with Crippen molar-refractivity contribution in [1.82, 2.24) is 0 Å². The van der Waals surface area contributed by atoms with E-state index in [2.05, 4.69) is 0 Å². The van der Waals surface area contributed by atoms with Crippen molar-refractivity contribution in [3.05, 3.63) is 74.1 Å². The first-order valence-corrected chi connectivity index (χ1v) is 7.72. The Hall–Kier alpha value is -2.93. The lowest BCUT2D eigenvalue weighted by Crippen LogP contribution is -2.09. The molecule has 0 amide bonds. The standard InChI is InChI=1S/C18H11ClF2O5/c1-8-15(22)3-2-10-9(4-16(23)26-17(8)10)7-25-18(24)11-5-13(20)14(21)6-12(11)19/h2-6,22H,7H2,1H3. The monoisotopic (exact) mass is 380 g/mol. The summed E-state index contributed by atoms with van der Waals surface area (Å²) in [5.74, 6) is -3.46. The summed E-state index contributed by atoms with van der Waals surface area (Å²) in [5.41, 5.74) is -0.188. The number of hydrogen-bond donors (Lipinski definition) is 1. The van der Waals surface area contributed by atoms with E-state index in [-0.39, 0.29) is 28.5 Å². The normalized spacial score (nSPS) is 10.9. The fraction of sp³-hybridized carbons (Fsp3) is 0.111. The van der Waals surface area contributed by atoms with Gasteiger partial charge in [-0.2, -0.15) is 0 Å². The highest BCUT2D eigenvalue weighted by Crippen LogP contribution is 2.28. The van der Waals surface area contributed by atoms with E-state index in [1.54, 1.807) is 6.92 Å². The smallest absolute Gasteiger partial charge is 0.340 e. The number of ether oxygens (including phenoxy) is 1. The molecular weight excluding hydrogens is 370 g/mol. The summed E-state index contributed by atoms with van der Waals surface area (Å²) in [6.07, 6.45) is 0. The van der Waals surface area contributed by atoms with Gasteiger partial charge in [0.2, 0.25) is 0 Å². The lowest BCUT2D eigenvalue weighted by molar-refractivity contribution is 0.0473. The summed E-state index contributed by atoms with van der Waals surface area (Å²) in [7, 11) is 0. The maximum atomic E-state index is 13.3. The molecular formula is C18H11ClF2O5. The van der Waals surface area contributed by atoms with Crippen molar-refractivity contribution in [2.45, 2.75) is 13.5 Å². The molecule has 1 N–H and O–H groups in total. The highest BCUT2D eigenvalue weighted by Gasteiger charge is 2.18. The molecule has 0 bridgehead atoms. The van der Waals surface area contributed by atoms with Crippen molar-refractivity contribution in [3.63, 3.8) is 0 Å². The number of rotatable bonds is 3. The number of esters is 1. The molecule has 0 fully saturated rings. The predicted octanol–water partition coefficient (Wildman–Crippen LogP) is 4.10. The van der Waals surface area contributed by atoms with Gasteiger partial charge in [0, 0.05) is 22.6 Å². The van der Waals surface area contributed by atoms with Crippen LogP contribution in [0.4, 0.5) is 8.78 Å². The minimum atomic E-state index is -1.24. The van der Waals surface area contributed by atoms with Gasteiger partial charge >= 0.3 is 11.6 Å². The molecule has 134 valence electrons. The molecule has 1 aromatic heterocycles. The molecule has 0 atom stereocenters. The first kappa shape index (κ1) is 17.9. The maximum Gasteiger partial charge on any atom is 0.340 e. The molecule has 26 heavy (non-hydrogen) atoms. The molecule has 0 spiro atoms. The lowest BCUT2D eigenvalue weighted by atomic mass is 10.1. The van der Waals surface area contributed by atoms with Crippen LogP contribution in [0.5, 0.6) is 5.75 Å². The Kier molecular flexibility index (Phi) is 4.65. The molecule has 3 rings (SSSR count). The number of benzene rings is 2. The van der Waals surface area contributed by atoms with E-state index in [4.69, 9.17) is 20.8 Å². The fourth-order valence-electron chi connectivity index (χ4n) is 2.44. The summed E-state index contributed by atoms with van der Waals surface area (Å²) in [6.45, 7) is 1.23. The molecule has 0 saturated carbocycles. The van der Waals surface area contributed by atoms with Gasteiger partial charge in [-0.25, -0.2) is 18.4 Å². The molecule has 8 heteroatoms. The Morgan fingerprint density at radius 3 is 2.65 bits per heavy atom. The van der Waals surface area contributed by atoms with Crippen molar-refractivity contribution < 1.29 is 27.8 Å². The van der Waals surface area contributed by atoms with Gasteiger partial charge in [-0.1, -0.05) is 11.6 Å². The van der Waals surface area contributed by atoms with Crippen LogP contribution in [0.25, 0.3) is 11.0 Å². The third kappa shape index (κ3) is 3.25. The molecule has 0 aliphatic carbocycles. The van der Waals surface area contributed by atoms with Gasteiger partial charge < -0.3 is 14.3 Å². The number of aromatic hydroxyl groups is 1. The highest BCUT2D eigenvalue weighted by atomic mass is 35.5. The van der Waals surface area contributed by atoms with Crippen LogP contribution >= 0.6 is 11.6 Å². The Morgan fingerprint density at radius 2 is 1.92 bits per heavy atom. The number of fused-ring (bicyclic) bond motifs is 1. The summed E-state index contributed by atoms with van der Waals surface area (Å²) < 4.78 is 36.5. The van der Waals surface area contributed by atoms with Gasteiger partial charge in [0.25, 0.3) is 0 Å². The topological polar surface area (TPSA) is 76.7 Å². The van der Waals surface area contributed by atoms with Crippen molar-refractivity contribution in [2.24, 2.45) is 0 Å². The zero-order valence-corrected chi connectivity index (χ0v) is 14.1. The second-order valence-corrected chi connectivity index (χ2v) is 5.91. The van der Waals surface area contributed by atoms with Crippen molar-refractivity contribution >= 4 is 28.5 Å². The molecule has 3 aromatic rings. The van der Waals surface area contributed by atoms with Crippen LogP contribution < -0.4 is 5.63 Å². The Labute approximate surface area is 150 Å². The van der Waals surface area contributed by atoms with E-state index < -0.39 is 23.2 Å². The quantitative estimate of drug-likeness (QED) is 0.420. The number of hydrogen-bond acceptors (Lipinski definition) is 5. The third-order valence-corrected chi connectivity index (χ3v) is 4.12. The number of phenolic OH excluding ortho intramolecular Hbond substituents is 1. The largest absolute Gasteiger partial charge is 0.508 e. The first-order valence-electron chi connectivity index (χ1n) is 7.35. The van der Waals surface area contributed by atoms with Crippen LogP contribution in [0, 0.1) is 18.6 Å². The minimum absolute atomic E-state index is 0.0524. The third-order valence-electron chi connectivity index (χ3n) is 3.81. The summed E-state index contributed by atoms with van der Waals surface area (Å²) in [5, 5.41) is 9.88. The van der Waals surface area contributed by atoms with Crippen molar-refractivity contribution in [3.8, 4) is 5.75 Å². The summed E-state index contributed by atoms with van der Waals surface area (Å²) in [6, 6.07) is 5.37. The van der Waals surface area contributed by atoms with Crippen LogP contribution in [0.2, 0.25) is 5.02 Å². The molecule has 0 aliphatic rings. The SMILES string of the molecule is Cc1c(O)ccc2c(COC(=O)c3cc(F)c(F)cc3Cl)cc(=O)oc12. The van der Waals surface area contributed by atoms with E-state index in [0.717, 1.165) is 6.07 Å². The number of phenols is 1. The van der Waals surface area contributed by atoms with Crippen LogP contribution in [0.15, 0.2) is 39.5 Å². The number of aryl methyl sites for hydroxylation is 1. The maximum absolute atomic E-state index is 13.3. The summed E-state index contributed by atoms with van der Waals surface area (Å²) in [4.78, 5) is 23.8. The van der Waals surface area contributed by atoms with E-state index in [1.165, 1.54) is 12.1 Å². The van der Waals surface area contributed by atoms with Crippen molar-refractivity contribution in [1.29, 1.82) is 0 Å². The van der Waals surface area contributed by atoms with Crippen LogP contribution in [0.3, 0.4) is 0 Å². The summed E-state index contributed by atoms with van der Waals surface area (Å²) >= 11 is 5.74. The molecule has 0 unspecified atom stereocenters. The van der Waals surface area contributed by atoms with E-state index in [9.17, 15) is 23.5 Å². The second kappa shape index (κ2) is 6.76. The van der Waals surface area contributed by atoms with Crippen molar-refractivity contribution in [2.75, 3.05) is 0 Å². The zero-order valence-electron chi connectivity index (χ0n) is 13.3. The van der Waals surface area contributed by atoms with E-state index >= 15 is 0 Å². The average Bonchev–Trinajstić information content (AvgIpc) is 2.59. The Balaban J connectivity index is 1.93. The van der Waals surface area contributed by atoms with E-state index in [0.29, 0.717) is 28.6 Å². The second-order valence-electron chi connectivity index (χ2n) is 5.50. The minimum Gasteiger partial charge on any atom is -0.508 e. The Bertz CT molecular complexity index is 1090. The molecule has 5 nitrogen and oxygen atoms in total.